The fourth-order valence-corrected chi connectivity index (χ4v) is 1.94. The van der Waals surface area contributed by atoms with Gasteiger partial charge >= 0.3 is 0 Å². The average molecular weight is 280 g/mol. The van der Waals surface area contributed by atoms with Crippen LogP contribution in [0.2, 0.25) is 0 Å². The summed E-state index contributed by atoms with van der Waals surface area (Å²) >= 11 is 0. The van der Waals surface area contributed by atoms with E-state index in [2.05, 4.69) is 17.6 Å². The average Bonchev–Trinajstić information content (AvgIpc) is 2.45. The Kier molecular flexibility index (Phi) is 7.69. The number of carbonyl (C=O) groups excluding carboxylic acids is 1. The lowest BCUT2D eigenvalue weighted by atomic mass is 10.2. The first-order chi connectivity index (χ1) is 9.69. The molecule has 1 aromatic carbocycles. The topological polar surface area (TPSA) is 59.6 Å². The number of nitrogens with one attached hydrogen (secondary N) is 2. The molecule has 1 amide bonds. The van der Waals surface area contributed by atoms with E-state index >= 15 is 0 Å². The first-order valence-corrected chi connectivity index (χ1v) is 6.85. The van der Waals surface area contributed by atoms with Crippen molar-refractivity contribution in [3.05, 3.63) is 24.3 Å². The number of anilines is 1. The van der Waals surface area contributed by atoms with Crippen molar-refractivity contribution in [2.45, 2.75) is 25.8 Å². The molecule has 0 aliphatic rings. The molecule has 0 aliphatic carbocycles. The molecule has 0 bridgehead atoms. The molecular formula is C15H24N2O3. The zero-order chi connectivity index (χ0) is 14.8. The van der Waals surface area contributed by atoms with Crippen molar-refractivity contribution < 1.29 is 14.3 Å². The van der Waals surface area contributed by atoms with Crippen molar-refractivity contribution in [3.63, 3.8) is 0 Å². The normalized spacial score (nSPS) is 11.9. The molecule has 1 aromatic rings. The highest BCUT2D eigenvalue weighted by Crippen LogP contribution is 2.16. The molecule has 1 unspecified atom stereocenters. The highest BCUT2D eigenvalue weighted by Gasteiger charge is 2.09. The Bertz CT molecular complexity index is 404. The van der Waals surface area contributed by atoms with Gasteiger partial charge in [0.15, 0.2) is 0 Å². The Morgan fingerprint density at radius 3 is 2.80 bits per heavy atom. The van der Waals surface area contributed by atoms with Crippen LogP contribution >= 0.6 is 0 Å². The van der Waals surface area contributed by atoms with Gasteiger partial charge in [-0.2, -0.15) is 0 Å². The van der Waals surface area contributed by atoms with E-state index in [4.69, 9.17) is 9.47 Å². The van der Waals surface area contributed by atoms with E-state index in [1.54, 1.807) is 20.3 Å². The molecule has 0 radical (unpaired) electrons. The highest BCUT2D eigenvalue weighted by molar-refractivity contribution is 5.92. The van der Waals surface area contributed by atoms with Gasteiger partial charge < -0.3 is 20.1 Å². The van der Waals surface area contributed by atoms with Crippen LogP contribution in [0.1, 0.15) is 19.8 Å². The second kappa shape index (κ2) is 9.34. The van der Waals surface area contributed by atoms with E-state index in [-0.39, 0.29) is 18.5 Å². The summed E-state index contributed by atoms with van der Waals surface area (Å²) in [5.74, 6) is 0.648. The van der Waals surface area contributed by atoms with Crippen molar-refractivity contribution >= 4 is 11.6 Å². The van der Waals surface area contributed by atoms with Crippen LogP contribution in [0.25, 0.3) is 0 Å². The van der Waals surface area contributed by atoms with Gasteiger partial charge in [0, 0.05) is 24.9 Å². The van der Waals surface area contributed by atoms with Gasteiger partial charge in [-0.1, -0.05) is 19.4 Å². The number of ether oxygens (including phenoxy) is 2. The minimum absolute atomic E-state index is 0.0736. The van der Waals surface area contributed by atoms with Crippen LogP contribution in [0.5, 0.6) is 5.75 Å². The van der Waals surface area contributed by atoms with Gasteiger partial charge in [-0.3, -0.25) is 4.79 Å². The molecule has 1 atom stereocenters. The second-order valence-corrected chi connectivity index (χ2v) is 4.60. The fraction of sp³-hybridized carbons (Fsp3) is 0.533. The predicted molar refractivity (Wildman–Crippen MR) is 80.2 cm³/mol. The third-order valence-corrected chi connectivity index (χ3v) is 2.91. The SMILES string of the molecule is CCCC(COC)NCC(=O)Nc1cccc(OC)c1. The maximum atomic E-state index is 11.9. The van der Waals surface area contributed by atoms with E-state index in [1.165, 1.54) is 0 Å². The van der Waals surface area contributed by atoms with Crippen molar-refractivity contribution in [3.8, 4) is 5.75 Å². The minimum atomic E-state index is -0.0736. The molecule has 0 aliphatic heterocycles. The molecule has 5 nitrogen and oxygen atoms in total. The third kappa shape index (κ3) is 6.04. The van der Waals surface area contributed by atoms with Gasteiger partial charge in [0.1, 0.15) is 5.75 Å². The summed E-state index contributed by atoms with van der Waals surface area (Å²) in [6.45, 7) is 2.99. The molecule has 112 valence electrons. The lowest BCUT2D eigenvalue weighted by Crippen LogP contribution is -2.38. The Hall–Kier alpha value is -1.59. The molecule has 0 saturated heterocycles. The van der Waals surface area contributed by atoms with Crippen LogP contribution in [0, 0.1) is 0 Å². The Morgan fingerprint density at radius 1 is 1.35 bits per heavy atom. The molecule has 20 heavy (non-hydrogen) atoms. The van der Waals surface area contributed by atoms with Gasteiger partial charge in [0.05, 0.1) is 20.3 Å². The van der Waals surface area contributed by atoms with E-state index < -0.39 is 0 Å². The lowest BCUT2D eigenvalue weighted by Gasteiger charge is -2.16. The highest BCUT2D eigenvalue weighted by atomic mass is 16.5. The molecular weight excluding hydrogens is 256 g/mol. The van der Waals surface area contributed by atoms with Crippen LogP contribution in [0.3, 0.4) is 0 Å². The zero-order valence-electron chi connectivity index (χ0n) is 12.4. The maximum absolute atomic E-state index is 11.9. The fourth-order valence-electron chi connectivity index (χ4n) is 1.94. The van der Waals surface area contributed by atoms with E-state index in [0.717, 1.165) is 24.3 Å². The molecule has 5 heteroatoms. The summed E-state index contributed by atoms with van der Waals surface area (Å²) in [5, 5.41) is 6.04. The summed E-state index contributed by atoms with van der Waals surface area (Å²) in [6, 6.07) is 7.51. The number of methoxy groups -OCH3 is 2. The van der Waals surface area contributed by atoms with Crippen LogP contribution in [0.4, 0.5) is 5.69 Å². The van der Waals surface area contributed by atoms with Gasteiger partial charge in [0.2, 0.25) is 5.91 Å². The number of hydrogen-bond acceptors (Lipinski definition) is 4. The quantitative estimate of drug-likeness (QED) is 0.727. The lowest BCUT2D eigenvalue weighted by molar-refractivity contribution is -0.115. The molecule has 0 spiro atoms. The Balaban J connectivity index is 2.42. The third-order valence-electron chi connectivity index (χ3n) is 2.91. The predicted octanol–water partition coefficient (Wildman–Crippen LogP) is 2.04. The first-order valence-electron chi connectivity index (χ1n) is 6.85. The van der Waals surface area contributed by atoms with Gasteiger partial charge in [-0.05, 0) is 18.6 Å². The molecule has 0 aromatic heterocycles. The largest absolute Gasteiger partial charge is 0.497 e. The van der Waals surface area contributed by atoms with Crippen LogP contribution < -0.4 is 15.4 Å². The zero-order valence-corrected chi connectivity index (χ0v) is 12.4. The van der Waals surface area contributed by atoms with Gasteiger partial charge in [-0.15, -0.1) is 0 Å². The molecule has 0 heterocycles. The smallest absolute Gasteiger partial charge is 0.238 e. The van der Waals surface area contributed by atoms with Crippen molar-refractivity contribution in [1.82, 2.24) is 5.32 Å². The van der Waals surface area contributed by atoms with Crippen LogP contribution in [0.15, 0.2) is 24.3 Å². The van der Waals surface area contributed by atoms with Crippen molar-refractivity contribution in [2.75, 3.05) is 32.7 Å². The second-order valence-electron chi connectivity index (χ2n) is 4.60. The van der Waals surface area contributed by atoms with Gasteiger partial charge in [0.25, 0.3) is 0 Å². The number of benzene rings is 1. The molecule has 2 N–H and O–H groups in total. The standard InChI is InChI=1S/C15H24N2O3/c1-4-6-13(11-19-2)16-10-15(18)17-12-7-5-8-14(9-12)20-3/h5,7-9,13,16H,4,6,10-11H2,1-3H3,(H,17,18). The summed E-state index contributed by atoms with van der Waals surface area (Å²) in [5.41, 5.74) is 0.731. The number of amides is 1. The summed E-state index contributed by atoms with van der Waals surface area (Å²) in [4.78, 5) is 11.9. The van der Waals surface area contributed by atoms with Crippen molar-refractivity contribution in [1.29, 1.82) is 0 Å². The Morgan fingerprint density at radius 2 is 2.15 bits per heavy atom. The summed E-state index contributed by atoms with van der Waals surface area (Å²) in [6.07, 6.45) is 2.04. The van der Waals surface area contributed by atoms with E-state index in [1.807, 2.05) is 18.2 Å². The maximum Gasteiger partial charge on any atom is 0.238 e. The van der Waals surface area contributed by atoms with Gasteiger partial charge in [-0.25, -0.2) is 0 Å². The summed E-state index contributed by atoms with van der Waals surface area (Å²) in [7, 11) is 3.27. The number of hydrogen-bond donors (Lipinski definition) is 2. The minimum Gasteiger partial charge on any atom is -0.497 e. The van der Waals surface area contributed by atoms with Crippen LogP contribution in [-0.2, 0) is 9.53 Å². The number of rotatable bonds is 9. The van der Waals surface area contributed by atoms with Crippen LogP contribution in [-0.4, -0.2) is 39.3 Å². The molecule has 0 saturated carbocycles. The molecule has 0 fully saturated rings. The van der Waals surface area contributed by atoms with E-state index in [9.17, 15) is 4.79 Å². The monoisotopic (exact) mass is 280 g/mol. The Labute approximate surface area is 120 Å². The van der Waals surface area contributed by atoms with E-state index in [0.29, 0.717) is 6.61 Å². The molecule has 1 rings (SSSR count). The van der Waals surface area contributed by atoms with Crippen molar-refractivity contribution in [2.24, 2.45) is 0 Å². The first kappa shape index (κ1) is 16.5. The summed E-state index contributed by atoms with van der Waals surface area (Å²) < 4.78 is 10.2. The number of carbonyl (C=O) groups is 1.